The molecule has 5 heteroatoms. The summed E-state index contributed by atoms with van der Waals surface area (Å²) >= 11 is 3.43. The fraction of sp³-hybridized carbons (Fsp3) is 0.571. The van der Waals surface area contributed by atoms with E-state index < -0.39 is 0 Å². The summed E-state index contributed by atoms with van der Waals surface area (Å²) < 4.78 is 3.07. The highest BCUT2D eigenvalue weighted by atomic mass is 79.9. The number of nitrogens with zero attached hydrogens (tertiary/aromatic N) is 3. The second kappa shape index (κ2) is 4.47. The van der Waals surface area contributed by atoms with Crippen molar-refractivity contribution in [3.8, 4) is 0 Å². The van der Waals surface area contributed by atoms with Crippen molar-refractivity contribution in [2.75, 3.05) is 5.73 Å². The highest BCUT2D eigenvalue weighted by Gasteiger charge is 2.31. The lowest BCUT2D eigenvalue weighted by Gasteiger charge is -2.36. The molecule has 2 N–H and O–H groups in total. The van der Waals surface area contributed by atoms with E-state index in [4.69, 9.17) is 5.73 Å². The zero-order chi connectivity index (χ0) is 13.6. The first kappa shape index (κ1) is 12.9. The van der Waals surface area contributed by atoms with Gasteiger partial charge in [-0.3, -0.25) is 4.57 Å². The summed E-state index contributed by atoms with van der Waals surface area (Å²) in [7, 11) is 0. The molecule has 3 rings (SSSR count). The highest BCUT2D eigenvalue weighted by Crippen LogP contribution is 2.42. The van der Waals surface area contributed by atoms with Crippen molar-refractivity contribution in [2.45, 2.75) is 45.6 Å². The molecule has 0 amide bonds. The van der Waals surface area contributed by atoms with Gasteiger partial charge in [0.2, 0.25) is 5.95 Å². The Balaban J connectivity index is 2.07. The van der Waals surface area contributed by atoms with Crippen LogP contribution in [0.4, 0.5) is 5.95 Å². The van der Waals surface area contributed by atoms with Crippen molar-refractivity contribution >= 4 is 33.0 Å². The van der Waals surface area contributed by atoms with Crippen LogP contribution in [-0.2, 0) is 0 Å². The van der Waals surface area contributed by atoms with Gasteiger partial charge in [0.05, 0.1) is 0 Å². The zero-order valence-electron chi connectivity index (χ0n) is 11.4. The SMILES string of the molecule is CC1(C)CCCC(n2c(N)nc3cc(Br)cnc32)C1. The molecule has 19 heavy (non-hydrogen) atoms. The molecule has 4 nitrogen and oxygen atoms in total. The lowest BCUT2D eigenvalue weighted by Crippen LogP contribution is -2.25. The topological polar surface area (TPSA) is 56.7 Å². The van der Waals surface area contributed by atoms with Crippen LogP contribution in [0, 0.1) is 5.41 Å². The van der Waals surface area contributed by atoms with Crippen molar-refractivity contribution in [3.05, 3.63) is 16.7 Å². The van der Waals surface area contributed by atoms with Crippen LogP contribution in [0.25, 0.3) is 11.2 Å². The third-order valence-electron chi connectivity index (χ3n) is 4.07. The number of fused-ring (bicyclic) bond motifs is 1. The number of hydrogen-bond acceptors (Lipinski definition) is 3. The molecule has 0 aromatic carbocycles. The predicted molar refractivity (Wildman–Crippen MR) is 80.9 cm³/mol. The van der Waals surface area contributed by atoms with E-state index in [1.807, 2.05) is 12.3 Å². The van der Waals surface area contributed by atoms with Gasteiger partial charge in [-0.05, 0) is 46.7 Å². The minimum absolute atomic E-state index is 0.376. The second-order valence-electron chi connectivity index (χ2n) is 6.25. The largest absolute Gasteiger partial charge is 0.369 e. The van der Waals surface area contributed by atoms with Gasteiger partial charge in [-0.1, -0.05) is 20.3 Å². The average Bonchev–Trinajstić information content (AvgIpc) is 2.62. The van der Waals surface area contributed by atoms with Gasteiger partial charge in [-0.2, -0.15) is 0 Å². The fourth-order valence-corrected chi connectivity index (χ4v) is 3.53. The van der Waals surface area contributed by atoms with Crippen LogP contribution in [0.5, 0.6) is 0 Å². The fourth-order valence-electron chi connectivity index (χ4n) is 3.21. The second-order valence-corrected chi connectivity index (χ2v) is 7.17. The van der Waals surface area contributed by atoms with E-state index in [9.17, 15) is 0 Å². The molecule has 1 unspecified atom stereocenters. The van der Waals surface area contributed by atoms with E-state index in [1.165, 1.54) is 12.8 Å². The lowest BCUT2D eigenvalue weighted by molar-refractivity contribution is 0.186. The maximum Gasteiger partial charge on any atom is 0.202 e. The van der Waals surface area contributed by atoms with Crippen LogP contribution in [0.2, 0.25) is 0 Å². The minimum atomic E-state index is 0.376. The van der Waals surface area contributed by atoms with Crippen molar-refractivity contribution in [2.24, 2.45) is 5.41 Å². The zero-order valence-corrected chi connectivity index (χ0v) is 12.9. The first-order valence-electron chi connectivity index (χ1n) is 6.75. The summed E-state index contributed by atoms with van der Waals surface area (Å²) in [6, 6.07) is 2.39. The molecule has 0 saturated heterocycles. The molecular weight excluding hydrogens is 304 g/mol. The number of anilines is 1. The van der Waals surface area contributed by atoms with E-state index in [1.54, 1.807) is 0 Å². The number of aromatic nitrogens is 3. The third kappa shape index (κ3) is 2.36. The number of nitrogens with two attached hydrogens (primary N) is 1. The van der Waals surface area contributed by atoms with Gasteiger partial charge >= 0.3 is 0 Å². The molecule has 1 atom stereocenters. The average molecular weight is 323 g/mol. The van der Waals surface area contributed by atoms with Crippen LogP contribution < -0.4 is 5.73 Å². The van der Waals surface area contributed by atoms with Gasteiger partial charge in [-0.25, -0.2) is 9.97 Å². The van der Waals surface area contributed by atoms with Crippen molar-refractivity contribution in [3.63, 3.8) is 0 Å². The number of halogens is 1. The lowest BCUT2D eigenvalue weighted by atomic mass is 9.75. The number of pyridine rings is 1. The van der Waals surface area contributed by atoms with Crippen molar-refractivity contribution < 1.29 is 0 Å². The molecule has 102 valence electrons. The van der Waals surface area contributed by atoms with E-state index in [0.29, 0.717) is 17.4 Å². The Morgan fingerprint density at radius 2 is 2.26 bits per heavy atom. The maximum absolute atomic E-state index is 6.12. The predicted octanol–water partition coefficient (Wildman–Crippen LogP) is 3.92. The molecule has 0 aliphatic heterocycles. The Labute approximate surface area is 121 Å². The summed E-state index contributed by atoms with van der Waals surface area (Å²) in [5.41, 5.74) is 8.27. The summed E-state index contributed by atoms with van der Waals surface area (Å²) in [5.74, 6) is 0.586. The Kier molecular flexibility index (Phi) is 3.04. The quantitative estimate of drug-likeness (QED) is 0.865. The van der Waals surface area contributed by atoms with Gasteiger partial charge < -0.3 is 5.73 Å². The number of imidazole rings is 1. The third-order valence-corrected chi connectivity index (χ3v) is 4.50. The van der Waals surface area contributed by atoms with Gasteiger partial charge in [0.15, 0.2) is 5.65 Å². The molecular formula is C14H19BrN4. The van der Waals surface area contributed by atoms with Gasteiger partial charge in [0, 0.05) is 16.7 Å². The summed E-state index contributed by atoms with van der Waals surface area (Å²) in [6.07, 6.45) is 6.65. The molecule has 2 aromatic rings. The van der Waals surface area contributed by atoms with Gasteiger partial charge in [-0.15, -0.1) is 0 Å². The number of rotatable bonds is 1. The van der Waals surface area contributed by atoms with Gasteiger partial charge in [0.25, 0.3) is 0 Å². The molecule has 2 aromatic heterocycles. The van der Waals surface area contributed by atoms with E-state index in [2.05, 4.69) is 44.3 Å². The molecule has 1 fully saturated rings. The van der Waals surface area contributed by atoms with E-state index in [0.717, 1.165) is 28.5 Å². The van der Waals surface area contributed by atoms with Gasteiger partial charge in [0.1, 0.15) is 5.52 Å². The molecule has 0 bridgehead atoms. The Hall–Kier alpha value is -1.10. The van der Waals surface area contributed by atoms with Crippen LogP contribution in [0.1, 0.15) is 45.6 Å². The van der Waals surface area contributed by atoms with Crippen LogP contribution >= 0.6 is 15.9 Å². The highest BCUT2D eigenvalue weighted by molar-refractivity contribution is 9.10. The molecule has 1 aliphatic carbocycles. The Bertz CT molecular complexity index is 617. The molecule has 2 heterocycles. The summed E-state index contributed by atoms with van der Waals surface area (Å²) in [5, 5.41) is 0. The first-order chi connectivity index (χ1) is 8.96. The Morgan fingerprint density at radius 1 is 1.47 bits per heavy atom. The summed E-state index contributed by atoms with van der Waals surface area (Å²) in [6.45, 7) is 4.66. The van der Waals surface area contributed by atoms with Crippen molar-refractivity contribution in [1.29, 1.82) is 0 Å². The maximum atomic E-state index is 6.12. The minimum Gasteiger partial charge on any atom is -0.369 e. The van der Waals surface area contributed by atoms with Crippen molar-refractivity contribution in [1.82, 2.24) is 14.5 Å². The van der Waals surface area contributed by atoms with Crippen LogP contribution in [0.3, 0.4) is 0 Å². The number of nitrogen functional groups attached to an aromatic ring is 1. The van der Waals surface area contributed by atoms with E-state index >= 15 is 0 Å². The Morgan fingerprint density at radius 3 is 3.00 bits per heavy atom. The van der Waals surface area contributed by atoms with Crippen LogP contribution in [0.15, 0.2) is 16.7 Å². The standard InChI is InChI=1S/C14H19BrN4/c1-14(2)5-3-4-10(7-14)19-12-11(18-13(19)16)6-9(15)8-17-12/h6,8,10H,3-5,7H2,1-2H3,(H2,16,18). The molecule has 1 saturated carbocycles. The van der Waals surface area contributed by atoms with Crippen LogP contribution in [-0.4, -0.2) is 14.5 Å². The monoisotopic (exact) mass is 322 g/mol. The first-order valence-corrected chi connectivity index (χ1v) is 7.54. The summed E-state index contributed by atoms with van der Waals surface area (Å²) in [4.78, 5) is 8.94. The number of hydrogen-bond donors (Lipinski definition) is 1. The van der Waals surface area contributed by atoms with E-state index in [-0.39, 0.29) is 0 Å². The molecule has 0 radical (unpaired) electrons. The molecule has 1 aliphatic rings. The normalized spacial score (nSPS) is 22.8. The molecule has 0 spiro atoms. The smallest absolute Gasteiger partial charge is 0.202 e.